The highest BCUT2D eigenvalue weighted by atomic mass is 35.5. The van der Waals surface area contributed by atoms with Gasteiger partial charge in [0.05, 0.1) is 5.02 Å². The molecule has 0 amide bonds. The molecular formula is C11H6ClF2N. The topological polar surface area (TPSA) is 12.9 Å². The third-order valence-corrected chi connectivity index (χ3v) is 2.18. The quantitative estimate of drug-likeness (QED) is 0.675. The Balaban J connectivity index is 2.64. The Morgan fingerprint density at radius 3 is 2.53 bits per heavy atom. The summed E-state index contributed by atoms with van der Waals surface area (Å²) in [5.41, 5.74) is 0.227. The maximum absolute atomic E-state index is 13.3. The largest absolute Gasteiger partial charge is 0.226 e. The molecule has 0 atom stereocenters. The van der Waals surface area contributed by atoms with E-state index in [9.17, 15) is 8.78 Å². The first kappa shape index (κ1) is 10.1. The van der Waals surface area contributed by atoms with Gasteiger partial charge < -0.3 is 0 Å². The molecule has 1 aromatic carbocycles. The molecule has 0 radical (unpaired) electrons. The molecule has 0 unspecified atom stereocenters. The van der Waals surface area contributed by atoms with Gasteiger partial charge in [0.2, 0.25) is 5.95 Å². The second-order valence-corrected chi connectivity index (χ2v) is 3.41. The zero-order valence-electron chi connectivity index (χ0n) is 7.55. The monoisotopic (exact) mass is 225 g/mol. The summed E-state index contributed by atoms with van der Waals surface area (Å²) in [6.45, 7) is 0. The van der Waals surface area contributed by atoms with Gasteiger partial charge in [-0.05, 0) is 12.1 Å². The standard InChI is InChI=1S/C11H6ClF2N/c12-7-5-9(11(14)15-6-7)8-3-1-2-4-10(8)13/h1-6H. The highest BCUT2D eigenvalue weighted by molar-refractivity contribution is 6.30. The summed E-state index contributed by atoms with van der Waals surface area (Å²) >= 11 is 5.67. The van der Waals surface area contributed by atoms with Gasteiger partial charge in [-0.2, -0.15) is 4.39 Å². The molecule has 2 rings (SSSR count). The second kappa shape index (κ2) is 3.95. The van der Waals surface area contributed by atoms with Crippen molar-refractivity contribution in [2.75, 3.05) is 0 Å². The maximum Gasteiger partial charge on any atom is 0.220 e. The van der Waals surface area contributed by atoms with E-state index in [2.05, 4.69) is 4.98 Å². The third kappa shape index (κ3) is 1.97. The Kier molecular flexibility index (Phi) is 2.64. The molecule has 0 aliphatic heterocycles. The third-order valence-electron chi connectivity index (χ3n) is 1.97. The molecular weight excluding hydrogens is 220 g/mol. The molecule has 0 N–H and O–H groups in total. The lowest BCUT2D eigenvalue weighted by Crippen LogP contribution is -1.91. The van der Waals surface area contributed by atoms with Gasteiger partial charge in [-0.25, -0.2) is 9.37 Å². The van der Waals surface area contributed by atoms with Crippen LogP contribution in [0.1, 0.15) is 0 Å². The van der Waals surface area contributed by atoms with Crippen LogP contribution in [0.2, 0.25) is 5.02 Å². The summed E-state index contributed by atoms with van der Waals surface area (Å²) in [6, 6.07) is 7.25. The summed E-state index contributed by atoms with van der Waals surface area (Å²) in [5.74, 6) is -1.23. The van der Waals surface area contributed by atoms with E-state index in [1.54, 1.807) is 6.07 Å². The predicted molar refractivity (Wildman–Crippen MR) is 54.6 cm³/mol. The first-order chi connectivity index (χ1) is 7.18. The van der Waals surface area contributed by atoms with Gasteiger partial charge in [0.1, 0.15) is 5.82 Å². The van der Waals surface area contributed by atoms with E-state index in [1.807, 2.05) is 0 Å². The van der Waals surface area contributed by atoms with Crippen LogP contribution in [-0.2, 0) is 0 Å². The van der Waals surface area contributed by atoms with E-state index in [1.165, 1.54) is 30.5 Å². The molecule has 0 aliphatic rings. The molecule has 1 heterocycles. The van der Waals surface area contributed by atoms with Crippen molar-refractivity contribution in [3.05, 3.63) is 53.3 Å². The van der Waals surface area contributed by atoms with Crippen molar-refractivity contribution in [2.24, 2.45) is 0 Å². The molecule has 15 heavy (non-hydrogen) atoms. The number of hydrogen-bond acceptors (Lipinski definition) is 1. The van der Waals surface area contributed by atoms with E-state index >= 15 is 0 Å². The van der Waals surface area contributed by atoms with Crippen molar-refractivity contribution < 1.29 is 8.78 Å². The van der Waals surface area contributed by atoms with E-state index in [4.69, 9.17) is 11.6 Å². The van der Waals surface area contributed by atoms with E-state index in [-0.39, 0.29) is 16.1 Å². The maximum atomic E-state index is 13.3. The fourth-order valence-electron chi connectivity index (χ4n) is 1.29. The first-order valence-corrected chi connectivity index (χ1v) is 4.62. The molecule has 4 heteroatoms. The lowest BCUT2D eigenvalue weighted by Gasteiger charge is -2.04. The number of rotatable bonds is 1. The van der Waals surface area contributed by atoms with Crippen molar-refractivity contribution >= 4 is 11.6 Å². The molecule has 2 aromatic rings. The van der Waals surface area contributed by atoms with Crippen LogP contribution < -0.4 is 0 Å². The second-order valence-electron chi connectivity index (χ2n) is 2.97. The normalized spacial score (nSPS) is 10.3. The van der Waals surface area contributed by atoms with Crippen molar-refractivity contribution in [1.82, 2.24) is 4.98 Å². The average molecular weight is 226 g/mol. The molecule has 0 fully saturated rings. The van der Waals surface area contributed by atoms with Crippen LogP contribution in [0.5, 0.6) is 0 Å². The fraction of sp³-hybridized carbons (Fsp3) is 0. The zero-order valence-corrected chi connectivity index (χ0v) is 8.30. The first-order valence-electron chi connectivity index (χ1n) is 4.24. The average Bonchev–Trinajstić information content (AvgIpc) is 2.23. The molecule has 0 saturated heterocycles. The minimum absolute atomic E-state index is 0.0700. The van der Waals surface area contributed by atoms with Crippen molar-refractivity contribution in [1.29, 1.82) is 0 Å². The summed E-state index contributed by atoms with van der Waals surface area (Å²) in [5, 5.41) is 0.273. The van der Waals surface area contributed by atoms with Crippen LogP contribution in [-0.4, -0.2) is 4.98 Å². The predicted octanol–water partition coefficient (Wildman–Crippen LogP) is 3.68. The Morgan fingerprint density at radius 1 is 1.07 bits per heavy atom. The van der Waals surface area contributed by atoms with Gasteiger partial charge in [-0.15, -0.1) is 0 Å². The summed E-state index contributed by atoms with van der Waals surface area (Å²) in [6.07, 6.45) is 1.18. The lowest BCUT2D eigenvalue weighted by atomic mass is 10.1. The van der Waals surface area contributed by atoms with Gasteiger partial charge in [0.15, 0.2) is 0 Å². The zero-order chi connectivity index (χ0) is 10.8. The Labute approximate surface area is 90.3 Å². The van der Waals surface area contributed by atoms with Crippen LogP contribution in [0.15, 0.2) is 36.5 Å². The SMILES string of the molecule is Fc1ccccc1-c1cc(Cl)cnc1F. The summed E-state index contributed by atoms with van der Waals surface area (Å²) in [7, 11) is 0. The van der Waals surface area contributed by atoms with Crippen LogP contribution in [0.4, 0.5) is 8.78 Å². The summed E-state index contributed by atoms with van der Waals surface area (Å²) in [4.78, 5) is 3.43. The van der Waals surface area contributed by atoms with Gasteiger partial charge in [0.25, 0.3) is 0 Å². The van der Waals surface area contributed by atoms with E-state index in [0.29, 0.717) is 0 Å². The minimum atomic E-state index is -0.732. The van der Waals surface area contributed by atoms with Crippen LogP contribution in [0, 0.1) is 11.8 Å². The molecule has 0 saturated carbocycles. The molecule has 1 aromatic heterocycles. The van der Waals surface area contributed by atoms with E-state index < -0.39 is 11.8 Å². The van der Waals surface area contributed by atoms with Crippen LogP contribution >= 0.6 is 11.6 Å². The molecule has 0 aliphatic carbocycles. The molecule has 0 bridgehead atoms. The molecule has 0 spiro atoms. The van der Waals surface area contributed by atoms with E-state index in [0.717, 1.165) is 0 Å². The van der Waals surface area contributed by atoms with Crippen LogP contribution in [0.25, 0.3) is 11.1 Å². The smallest absolute Gasteiger partial charge is 0.220 e. The number of hydrogen-bond donors (Lipinski definition) is 0. The Hall–Kier alpha value is -1.48. The summed E-state index contributed by atoms with van der Waals surface area (Å²) < 4.78 is 26.6. The molecule has 76 valence electrons. The van der Waals surface area contributed by atoms with Gasteiger partial charge in [-0.1, -0.05) is 29.8 Å². The van der Waals surface area contributed by atoms with Crippen LogP contribution in [0.3, 0.4) is 0 Å². The number of pyridine rings is 1. The lowest BCUT2D eigenvalue weighted by molar-refractivity contribution is 0.583. The van der Waals surface area contributed by atoms with Gasteiger partial charge >= 0.3 is 0 Å². The highest BCUT2D eigenvalue weighted by Gasteiger charge is 2.10. The number of nitrogens with zero attached hydrogens (tertiary/aromatic N) is 1. The number of halogens is 3. The van der Waals surface area contributed by atoms with Gasteiger partial charge in [0, 0.05) is 17.3 Å². The van der Waals surface area contributed by atoms with Crippen molar-refractivity contribution in [3.63, 3.8) is 0 Å². The van der Waals surface area contributed by atoms with Gasteiger partial charge in [-0.3, -0.25) is 0 Å². The number of benzene rings is 1. The Bertz CT molecular complexity index is 500. The van der Waals surface area contributed by atoms with Crippen molar-refractivity contribution in [3.8, 4) is 11.1 Å². The number of aromatic nitrogens is 1. The highest BCUT2D eigenvalue weighted by Crippen LogP contribution is 2.26. The minimum Gasteiger partial charge on any atom is -0.226 e. The van der Waals surface area contributed by atoms with Crippen molar-refractivity contribution in [2.45, 2.75) is 0 Å². The fourth-order valence-corrected chi connectivity index (χ4v) is 1.45. The molecule has 1 nitrogen and oxygen atoms in total. The Morgan fingerprint density at radius 2 is 1.80 bits per heavy atom.